The molecule has 0 amide bonds. The molecule has 1 aromatic carbocycles. The molecule has 2 heterocycles. The number of benzene rings is 1. The Morgan fingerprint density at radius 1 is 1.10 bits per heavy atom. The van der Waals surface area contributed by atoms with E-state index in [9.17, 15) is 0 Å². The van der Waals surface area contributed by atoms with Gasteiger partial charge in [0.15, 0.2) is 0 Å². The summed E-state index contributed by atoms with van der Waals surface area (Å²) in [6, 6.07) is 12.2. The predicted molar refractivity (Wildman–Crippen MR) is 82.4 cm³/mol. The van der Waals surface area contributed by atoms with Gasteiger partial charge in [0.1, 0.15) is 5.75 Å². The van der Waals surface area contributed by atoms with Gasteiger partial charge >= 0.3 is 0 Å². The van der Waals surface area contributed by atoms with Gasteiger partial charge in [-0.2, -0.15) is 5.10 Å². The van der Waals surface area contributed by atoms with Crippen LogP contribution in [-0.4, -0.2) is 22.3 Å². The summed E-state index contributed by atoms with van der Waals surface area (Å²) in [4.78, 5) is 4.02. The Kier molecular flexibility index (Phi) is 3.69. The molecule has 2 aromatic heterocycles. The number of pyridine rings is 1. The average Bonchev–Trinajstić information content (AvgIpc) is 2.97. The van der Waals surface area contributed by atoms with Gasteiger partial charge in [0.25, 0.3) is 0 Å². The number of nitrogens with zero attached hydrogens (tertiary/aromatic N) is 2. The summed E-state index contributed by atoms with van der Waals surface area (Å²) in [5.74, 6) is 0.917. The van der Waals surface area contributed by atoms with E-state index in [1.54, 1.807) is 19.5 Å². The topological polar surface area (TPSA) is 50.8 Å². The van der Waals surface area contributed by atoms with Crippen LogP contribution in [0.2, 0.25) is 0 Å². The molecule has 0 spiro atoms. The molecule has 4 nitrogen and oxygen atoms in total. The lowest BCUT2D eigenvalue weighted by Crippen LogP contribution is -1.92. The molecule has 4 heteroatoms. The maximum atomic E-state index is 5.29. The van der Waals surface area contributed by atoms with E-state index in [1.165, 1.54) is 5.56 Å². The van der Waals surface area contributed by atoms with E-state index in [1.807, 2.05) is 18.2 Å². The first-order chi connectivity index (χ1) is 10.3. The van der Waals surface area contributed by atoms with Crippen molar-refractivity contribution in [3.05, 3.63) is 65.6 Å². The first-order valence-electron chi connectivity index (χ1n) is 6.84. The summed E-state index contributed by atoms with van der Waals surface area (Å²) in [6.07, 6.45) is 4.37. The molecule has 0 aliphatic carbocycles. The number of H-pyrrole nitrogens is 1. The fourth-order valence-electron chi connectivity index (χ4n) is 2.39. The van der Waals surface area contributed by atoms with E-state index < -0.39 is 0 Å². The van der Waals surface area contributed by atoms with Crippen LogP contribution < -0.4 is 4.74 Å². The van der Waals surface area contributed by atoms with Crippen molar-refractivity contribution >= 4 is 0 Å². The SMILES string of the molecule is COc1ccc(Cc2cc(-c3ccncc3)n[nH]2)cc1C. The third kappa shape index (κ3) is 2.94. The van der Waals surface area contributed by atoms with Gasteiger partial charge in [-0.15, -0.1) is 0 Å². The van der Waals surface area contributed by atoms with E-state index in [4.69, 9.17) is 4.74 Å². The fourth-order valence-corrected chi connectivity index (χ4v) is 2.39. The van der Waals surface area contributed by atoms with Crippen molar-refractivity contribution in [2.45, 2.75) is 13.3 Å². The molecule has 106 valence electrons. The fraction of sp³-hybridized carbons (Fsp3) is 0.176. The largest absolute Gasteiger partial charge is 0.496 e. The summed E-state index contributed by atoms with van der Waals surface area (Å²) in [5.41, 5.74) is 5.48. The van der Waals surface area contributed by atoms with Crippen LogP contribution >= 0.6 is 0 Å². The second kappa shape index (κ2) is 5.79. The normalized spacial score (nSPS) is 10.6. The standard InChI is InChI=1S/C17H17N3O/c1-12-9-13(3-4-17(12)21-2)10-15-11-16(20-19-15)14-5-7-18-8-6-14/h3-9,11H,10H2,1-2H3,(H,19,20). The molecule has 0 aliphatic rings. The zero-order valence-corrected chi connectivity index (χ0v) is 12.1. The van der Waals surface area contributed by atoms with Crippen molar-refractivity contribution in [3.63, 3.8) is 0 Å². The van der Waals surface area contributed by atoms with Crippen molar-refractivity contribution in [2.75, 3.05) is 7.11 Å². The first-order valence-corrected chi connectivity index (χ1v) is 6.84. The van der Waals surface area contributed by atoms with Crippen LogP contribution in [0.1, 0.15) is 16.8 Å². The van der Waals surface area contributed by atoms with Gasteiger partial charge in [-0.05, 0) is 42.3 Å². The van der Waals surface area contributed by atoms with Crippen LogP contribution in [-0.2, 0) is 6.42 Å². The third-order valence-electron chi connectivity index (χ3n) is 3.46. The van der Waals surface area contributed by atoms with Crippen LogP contribution in [0.5, 0.6) is 5.75 Å². The third-order valence-corrected chi connectivity index (χ3v) is 3.46. The molecule has 0 saturated carbocycles. The lowest BCUT2D eigenvalue weighted by Gasteiger charge is -2.06. The van der Waals surface area contributed by atoms with Gasteiger partial charge in [0.2, 0.25) is 0 Å². The molecule has 1 N–H and O–H groups in total. The molecule has 0 bridgehead atoms. The number of ether oxygens (including phenoxy) is 1. The number of aromatic amines is 1. The van der Waals surface area contributed by atoms with Gasteiger partial charge in [-0.3, -0.25) is 10.1 Å². The summed E-state index contributed by atoms with van der Waals surface area (Å²) in [5, 5.41) is 7.46. The van der Waals surface area contributed by atoms with Gasteiger partial charge in [0, 0.05) is 30.1 Å². The molecule has 0 unspecified atom stereocenters. The van der Waals surface area contributed by atoms with E-state index in [0.717, 1.165) is 34.7 Å². The molecule has 21 heavy (non-hydrogen) atoms. The van der Waals surface area contributed by atoms with Crippen molar-refractivity contribution in [2.24, 2.45) is 0 Å². The van der Waals surface area contributed by atoms with E-state index >= 15 is 0 Å². The van der Waals surface area contributed by atoms with Gasteiger partial charge in [0.05, 0.1) is 12.8 Å². The summed E-state index contributed by atoms with van der Waals surface area (Å²) < 4.78 is 5.29. The zero-order valence-electron chi connectivity index (χ0n) is 12.1. The predicted octanol–water partition coefficient (Wildman–Crippen LogP) is 3.38. The first kappa shape index (κ1) is 13.4. The molecule has 3 aromatic rings. The lowest BCUT2D eigenvalue weighted by molar-refractivity contribution is 0.411. The minimum absolute atomic E-state index is 0.822. The molecule has 0 aliphatic heterocycles. The van der Waals surface area contributed by atoms with Gasteiger partial charge < -0.3 is 4.74 Å². The summed E-state index contributed by atoms with van der Waals surface area (Å²) in [6.45, 7) is 2.05. The Morgan fingerprint density at radius 3 is 2.62 bits per heavy atom. The van der Waals surface area contributed by atoms with Crippen molar-refractivity contribution in [1.82, 2.24) is 15.2 Å². The van der Waals surface area contributed by atoms with Crippen LogP contribution in [0, 0.1) is 6.92 Å². The van der Waals surface area contributed by atoms with Crippen LogP contribution in [0.4, 0.5) is 0 Å². The highest BCUT2D eigenvalue weighted by atomic mass is 16.5. The monoisotopic (exact) mass is 279 g/mol. The maximum absolute atomic E-state index is 5.29. The molecular weight excluding hydrogens is 262 g/mol. The minimum Gasteiger partial charge on any atom is -0.496 e. The molecule has 0 saturated heterocycles. The Labute approximate surface area is 123 Å². The molecule has 0 radical (unpaired) electrons. The minimum atomic E-state index is 0.822. The molecule has 3 rings (SSSR count). The summed E-state index contributed by atoms with van der Waals surface area (Å²) >= 11 is 0. The quantitative estimate of drug-likeness (QED) is 0.796. The number of rotatable bonds is 4. The summed E-state index contributed by atoms with van der Waals surface area (Å²) in [7, 11) is 1.69. The number of hydrogen-bond acceptors (Lipinski definition) is 3. The molecule has 0 atom stereocenters. The number of hydrogen-bond donors (Lipinski definition) is 1. The molecular formula is C17H17N3O. The lowest BCUT2D eigenvalue weighted by atomic mass is 10.1. The number of aromatic nitrogens is 3. The molecule has 0 fully saturated rings. The Balaban J connectivity index is 1.80. The number of methoxy groups -OCH3 is 1. The highest BCUT2D eigenvalue weighted by Gasteiger charge is 2.06. The Bertz CT molecular complexity index is 735. The maximum Gasteiger partial charge on any atom is 0.121 e. The van der Waals surface area contributed by atoms with Crippen LogP contribution in [0.15, 0.2) is 48.8 Å². The zero-order chi connectivity index (χ0) is 14.7. The van der Waals surface area contributed by atoms with Crippen LogP contribution in [0.3, 0.4) is 0 Å². The number of nitrogens with one attached hydrogen (secondary N) is 1. The Hall–Kier alpha value is -2.62. The van der Waals surface area contributed by atoms with Crippen molar-refractivity contribution in [3.8, 4) is 17.0 Å². The number of aryl methyl sites for hydroxylation is 1. The van der Waals surface area contributed by atoms with Crippen LogP contribution in [0.25, 0.3) is 11.3 Å². The highest BCUT2D eigenvalue weighted by molar-refractivity contribution is 5.58. The van der Waals surface area contributed by atoms with E-state index in [2.05, 4.69) is 40.3 Å². The smallest absolute Gasteiger partial charge is 0.121 e. The van der Waals surface area contributed by atoms with Gasteiger partial charge in [-0.25, -0.2) is 0 Å². The Morgan fingerprint density at radius 2 is 1.90 bits per heavy atom. The van der Waals surface area contributed by atoms with E-state index in [0.29, 0.717) is 0 Å². The van der Waals surface area contributed by atoms with Gasteiger partial charge in [-0.1, -0.05) is 12.1 Å². The highest BCUT2D eigenvalue weighted by Crippen LogP contribution is 2.21. The average molecular weight is 279 g/mol. The second-order valence-corrected chi connectivity index (χ2v) is 5.00. The second-order valence-electron chi connectivity index (χ2n) is 5.00. The van der Waals surface area contributed by atoms with Crippen molar-refractivity contribution in [1.29, 1.82) is 0 Å². The van der Waals surface area contributed by atoms with E-state index in [-0.39, 0.29) is 0 Å². The van der Waals surface area contributed by atoms with Crippen molar-refractivity contribution < 1.29 is 4.74 Å².